The number of rotatable bonds is 9. The molecular formula is C24H32N2O5. The molecule has 7 nitrogen and oxygen atoms in total. The van der Waals surface area contributed by atoms with Crippen LogP contribution in [0.15, 0.2) is 36.4 Å². The minimum absolute atomic E-state index is 0.114. The summed E-state index contributed by atoms with van der Waals surface area (Å²) in [5.74, 6) is 0.469. The summed E-state index contributed by atoms with van der Waals surface area (Å²) >= 11 is 0. The lowest BCUT2D eigenvalue weighted by molar-refractivity contribution is -0.120. The minimum atomic E-state index is -0.410. The van der Waals surface area contributed by atoms with E-state index in [1.807, 2.05) is 0 Å². The molecule has 2 aromatic rings. The maximum absolute atomic E-state index is 12.5. The first-order valence-corrected chi connectivity index (χ1v) is 10.1. The van der Waals surface area contributed by atoms with Crippen LogP contribution in [0.1, 0.15) is 42.3 Å². The fourth-order valence-electron chi connectivity index (χ4n) is 3.05. The second-order valence-electron chi connectivity index (χ2n) is 8.14. The molecule has 0 aliphatic heterocycles. The Labute approximate surface area is 184 Å². The predicted octanol–water partition coefficient (Wildman–Crippen LogP) is 3.10. The molecule has 31 heavy (non-hydrogen) atoms. The van der Waals surface area contributed by atoms with Gasteiger partial charge in [-0.3, -0.25) is 9.59 Å². The first-order valence-electron chi connectivity index (χ1n) is 10.1. The van der Waals surface area contributed by atoms with Gasteiger partial charge in [0.15, 0.2) is 11.5 Å². The Morgan fingerprint density at radius 2 is 1.45 bits per heavy atom. The number of carbonyl (C=O) groups is 2. The lowest BCUT2D eigenvalue weighted by Crippen LogP contribution is -2.37. The van der Waals surface area contributed by atoms with E-state index in [4.69, 9.17) is 14.2 Å². The molecule has 168 valence electrons. The molecule has 2 rings (SSSR count). The maximum atomic E-state index is 12.5. The molecule has 0 saturated carbocycles. The van der Waals surface area contributed by atoms with Crippen LogP contribution in [0.2, 0.25) is 0 Å². The van der Waals surface area contributed by atoms with Gasteiger partial charge >= 0.3 is 0 Å². The Morgan fingerprint density at radius 3 is 1.94 bits per heavy atom. The molecule has 0 aliphatic carbocycles. The highest BCUT2D eigenvalue weighted by atomic mass is 16.5. The van der Waals surface area contributed by atoms with Gasteiger partial charge in [-0.25, -0.2) is 0 Å². The highest BCUT2D eigenvalue weighted by Crippen LogP contribution is 2.38. The predicted molar refractivity (Wildman–Crippen MR) is 120 cm³/mol. The van der Waals surface area contributed by atoms with Gasteiger partial charge in [-0.2, -0.15) is 0 Å². The van der Waals surface area contributed by atoms with E-state index in [-0.39, 0.29) is 17.9 Å². The SMILES string of the molecule is COc1cc(C(=O)NCC(=O)NCCc2ccc(C(C)(C)C)cc2)cc(OC)c1OC. The highest BCUT2D eigenvalue weighted by Gasteiger charge is 2.17. The second-order valence-corrected chi connectivity index (χ2v) is 8.14. The van der Waals surface area contributed by atoms with Gasteiger partial charge in [0.05, 0.1) is 27.9 Å². The molecule has 0 aliphatic rings. The topological polar surface area (TPSA) is 85.9 Å². The molecule has 7 heteroatoms. The second kappa shape index (κ2) is 10.7. The summed E-state index contributed by atoms with van der Waals surface area (Å²) in [6.07, 6.45) is 0.719. The smallest absolute Gasteiger partial charge is 0.251 e. The Hall–Kier alpha value is -3.22. The molecule has 0 saturated heterocycles. The third kappa shape index (κ3) is 6.64. The average Bonchev–Trinajstić information content (AvgIpc) is 2.76. The van der Waals surface area contributed by atoms with E-state index < -0.39 is 5.91 Å². The van der Waals surface area contributed by atoms with Crippen LogP contribution >= 0.6 is 0 Å². The van der Waals surface area contributed by atoms with Gasteiger partial charge in [0.25, 0.3) is 5.91 Å². The number of methoxy groups -OCH3 is 3. The molecule has 0 bridgehead atoms. The molecule has 0 aromatic heterocycles. The van der Waals surface area contributed by atoms with Crippen molar-refractivity contribution in [2.45, 2.75) is 32.6 Å². The number of carbonyl (C=O) groups excluding carboxylic acids is 2. The molecular weight excluding hydrogens is 396 g/mol. The molecule has 2 amide bonds. The van der Waals surface area contributed by atoms with E-state index in [9.17, 15) is 9.59 Å². The fraction of sp³-hybridized carbons (Fsp3) is 0.417. The molecule has 2 N–H and O–H groups in total. The highest BCUT2D eigenvalue weighted by molar-refractivity contribution is 5.97. The van der Waals surface area contributed by atoms with Crippen LogP contribution in [-0.4, -0.2) is 46.2 Å². The quantitative estimate of drug-likeness (QED) is 0.641. The van der Waals surface area contributed by atoms with Crippen molar-refractivity contribution in [1.82, 2.24) is 10.6 Å². The molecule has 0 fully saturated rings. The van der Waals surface area contributed by atoms with Gasteiger partial charge < -0.3 is 24.8 Å². The number of nitrogens with one attached hydrogen (secondary N) is 2. The zero-order chi connectivity index (χ0) is 23.0. The summed E-state index contributed by atoms with van der Waals surface area (Å²) in [5.41, 5.74) is 2.84. The van der Waals surface area contributed by atoms with Crippen molar-refractivity contribution < 1.29 is 23.8 Å². The number of amides is 2. The van der Waals surface area contributed by atoms with Gasteiger partial charge in [0, 0.05) is 12.1 Å². The summed E-state index contributed by atoms with van der Waals surface area (Å²) in [6.45, 7) is 6.89. The zero-order valence-electron chi connectivity index (χ0n) is 19.1. The van der Waals surface area contributed by atoms with Crippen molar-refractivity contribution in [1.29, 1.82) is 0 Å². The van der Waals surface area contributed by atoms with E-state index in [0.29, 0.717) is 29.4 Å². The van der Waals surface area contributed by atoms with Gasteiger partial charge in [-0.05, 0) is 35.1 Å². The first kappa shape index (κ1) is 24.1. The Balaban J connectivity index is 1.85. The largest absolute Gasteiger partial charge is 0.493 e. The first-order chi connectivity index (χ1) is 14.7. The number of benzene rings is 2. The number of hydrogen-bond donors (Lipinski definition) is 2. The van der Waals surface area contributed by atoms with Crippen molar-refractivity contribution in [2.24, 2.45) is 0 Å². The third-order valence-corrected chi connectivity index (χ3v) is 4.89. The molecule has 0 radical (unpaired) electrons. The van der Waals surface area contributed by atoms with E-state index in [0.717, 1.165) is 12.0 Å². The molecule has 0 spiro atoms. The van der Waals surface area contributed by atoms with Crippen molar-refractivity contribution in [2.75, 3.05) is 34.4 Å². The van der Waals surface area contributed by atoms with Crippen LogP contribution in [0.4, 0.5) is 0 Å². The van der Waals surface area contributed by atoms with Crippen LogP contribution < -0.4 is 24.8 Å². The molecule has 0 atom stereocenters. The Bertz CT molecular complexity index is 876. The number of ether oxygens (including phenoxy) is 3. The van der Waals surface area contributed by atoms with E-state index in [1.165, 1.54) is 39.0 Å². The number of hydrogen-bond acceptors (Lipinski definition) is 5. The van der Waals surface area contributed by atoms with Gasteiger partial charge in [-0.15, -0.1) is 0 Å². The van der Waals surface area contributed by atoms with Crippen LogP contribution in [-0.2, 0) is 16.6 Å². The maximum Gasteiger partial charge on any atom is 0.251 e. The lowest BCUT2D eigenvalue weighted by atomic mass is 9.86. The summed E-state index contributed by atoms with van der Waals surface area (Å²) in [4.78, 5) is 24.6. The van der Waals surface area contributed by atoms with Crippen LogP contribution in [0.5, 0.6) is 17.2 Å². The fourth-order valence-corrected chi connectivity index (χ4v) is 3.05. The monoisotopic (exact) mass is 428 g/mol. The van der Waals surface area contributed by atoms with Crippen molar-refractivity contribution in [3.8, 4) is 17.2 Å². The minimum Gasteiger partial charge on any atom is -0.493 e. The third-order valence-electron chi connectivity index (χ3n) is 4.89. The van der Waals surface area contributed by atoms with Gasteiger partial charge in [0.1, 0.15) is 0 Å². The van der Waals surface area contributed by atoms with E-state index in [2.05, 4.69) is 55.7 Å². The van der Waals surface area contributed by atoms with Crippen molar-refractivity contribution in [3.63, 3.8) is 0 Å². The lowest BCUT2D eigenvalue weighted by Gasteiger charge is -2.19. The zero-order valence-corrected chi connectivity index (χ0v) is 19.1. The summed E-state index contributed by atoms with van der Waals surface area (Å²) < 4.78 is 15.8. The Kier molecular flexibility index (Phi) is 8.30. The van der Waals surface area contributed by atoms with Crippen LogP contribution in [0.25, 0.3) is 0 Å². The summed E-state index contributed by atoms with van der Waals surface area (Å²) in [5, 5.41) is 5.43. The average molecular weight is 429 g/mol. The molecule has 2 aromatic carbocycles. The molecule has 0 unspecified atom stereocenters. The van der Waals surface area contributed by atoms with Crippen molar-refractivity contribution >= 4 is 11.8 Å². The van der Waals surface area contributed by atoms with Gasteiger partial charge in [0.2, 0.25) is 11.7 Å². The normalized spacial score (nSPS) is 10.9. The van der Waals surface area contributed by atoms with E-state index in [1.54, 1.807) is 0 Å². The Morgan fingerprint density at radius 1 is 0.871 bits per heavy atom. The molecule has 0 heterocycles. The van der Waals surface area contributed by atoms with Crippen LogP contribution in [0.3, 0.4) is 0 Å². The van der Waals surface area contributed by atoms with Crippen molar-refractivity contribution in [3.05, 3.63) is 53.1 Å². The summed E-state index contributed by atoms with van der Waals surface area (Å²) in [7, 11) is 4.44. The van der Waals surface area contributed by atoms with Crippen LogP contribution in [0, 0.1) is 0 Å². The van der Waals surface area contributed by atoms with E-state index >= 15 is 0 Å². The van der Waals surface area contributed by atoms with Gasteiger partial charge in [-0.1, -0.05) is 45.0 Å². The summed E-state index contributed by atoms with van der Waals surface area (Å²) in [6, 6.07) is 11.5. The standard InChI is InChI=1S/C24H32N2O5/c1-24(2,3)18-9-7-16(8-10-18)11-12-25-21(27)15-26-23(28)17-13-19(29-4)22(31-6)20(14-17)30-5/h7-10,13-14H,11-12,15H2,1-6H3,(H,25,27)(H,26,28).